The summed E-state index contributed by atoms with van der Waals surface area (Å²) in [4.78, 5) is 29.1. The number of piperazine rings is 1. The number of carbonyl (C=O) groups excluding carboxylic acids is 2. The zero-order valence-electron chi connectivity index (χ0n) is 17.7. The summed E-state index contributed by atoms with van der Waals surface area (Å²) >= 11 is 1.23. The van der Waals surface area contributed by atoms with Crippen molar-refractivity contribution in [2.75, 3.05) is 51.6 Å². The largest absolute Gasteiger partial charge is 0.356 e. The smallest absolute Gasteiger partial charge is 0.286 e. The molecule has 2 N–H and O–H groups in total. The van der Waals surface area contributed by atoms with Crippen LogP contribution in [0.5, 0.6) is 0 Å². The predicted octanol–water partition coefficient (Wildman–Crippen LogP) is 1.79. The second-order valence-electron chi connectivity index (χ2n) is 7.67. The van der Waals surface area contributed by atoms with Crippen molar-refractivity contribution in [1.82, 2.24) is 25.3 Å². The minimum atomic E-state index is -0.282. The number of amides is 2. The van der Waals surface area contributed by atoms with E-state index in [1.807, 2.05) is 31.2 Å². The molecule has 0 unspecified atom stereocenters. The van der Waals surface area contributed by atoms with Crippen molar-refractivity contribution in [3.8, 4) is 0 Å². The number of anilines is 1. The van der Waals surface area contributed by atoms with Crippen molar-refractivity contribution in [1.29, 1.82) is 0 Å². The van der Waals surface area contributed by atoms with E-state index in [2.05, 4.69) is 37.7 Å². The van der Waals surface area contributed by atoms with Crippen LogP contribution in [0.25, 0.3) is 0 Å². The Morgan fingerprint density at radius 2 is 1.83 bits per heavy atom. The highest BCUT2D eigenvalue weighted by Crippen LogP contribution is 2.15. The molecule has 0 atom stereocenters. The van der Waals surface area contributed by atoms with Crippen LogP contribution in [0.4, 0.5) is 5.69 Å². The molecule has 2 aromatic rings. The minimum absolute atomic E-state index is 0.00855. The lowest BCUT2D eigenvalue weighted by molar-refractivity contribution is -0.121. The number of rotatable bonds is 9. The lowest BCUT2D eigenvalue weighted by Gasteiger charge is -2.32. The van der Waals surface area contributed by atoms with Gasteiger partial charge in [0.1, 0.15) is 5.01 Å². The summed E-state index contributed by atoms with van der Waals surface area (Å²) in [7, 11) is 2.15. The Balaban J connectivity index is 1.32. The fourth-order valence-corrected chi connectivity index (χ4v) is 3.91. The van der Waals surface area contributed by atoms with E-state index < -0.39 is 0 Å². The van der Waals surface area contributed by atoms with Crippen LogP contribution in [0.3, 0.4) is 0 Å². The fourth-order valence-electron chi connectivity index (χ4n) is 3.18. The Labute approximate surface area is 181 Å². The number of nitrogens with zero attached hydrogens (tertiary/aromatic N) is 4. The molecule has 3 rings (SSSR count). The van der Waals surface area contributed by atoms with Gasteiger partial charge in [-0.15, -0.1) is 10.2 Å². The van der Waals surface area contributed by atoms with Crippen molar-refractivity contribution < 1.29 is 9.59 Å². The van der Waals surface area contributed by atoms with Gasteiger partial charge in [-0.1, -0.05) is 29.0 Å². The van der Waals surface area contributed by atoms with E-state index in [0.29, 0.717) is 29.4 Å². The zero-order chi connectivity index (χ0) is 21.3. The van der Waals surface area contributed by atoms with Gasteiger partial charge in [-0.25, -0.2) is 0 Å². The number of carbonyl (C=O) groups is 2. The van der Waals surface area contributed by atoms with E-state index in [4.69, 9.17) is 0 Å². The van der Waals surface area contributed by atoms with Crippen LogP contribution in [0.1, 0.15) is 33.2 Å². The van der Waals surface area contributed by atoms with Crippen molar-refractivity contribution in [3.05, 3.63) is 39.8 Å². The van der Waals surface area contributed by atoms with Gasteiger partial charge in [0.15, 0.2) is 0 Å². The lowest BCUT2D eigenvalue weighted by atomic mass is 10.2. The molecule has 8 nitrogen and oxygen atoms in total. The molecule has 9 heteroatoms. The van der Waals surface area contributed by atoms with Gasteiger partial charge in [0.05, 0.1) is 0 Å². The molecule has 1 saturated heterocycles. The summed E-state index contributed by atoms with van der Waals surface area (Å²) in [6.45, 7) is 8.11. The highest BCUT2D eigenvalue weighted by molar-refractivity contribution is 7.13. The number of likely N-dealkylation sites (N-methyl/N-ethyl adjacent to an activating group) is 1. The quantitative estimate of drug-likeness (QED) is 0.590. The summed E-state index contributed by atoms with van der Waals surface area (Å²) < 4.78 is 0. The van der Waals surface area contributed by atoms with Crippen LogP contribution < -0.4 is 10.6 Å². The summed E-state index contributed by atoms with van der Waals surface area (Å²) in [5.74, 6) is -0.273. The van der Waals surface area contributed by atoms with Crippen molar-refractivity contribution >= 4 is 28.8 Å². The molecule has 2 heterocycles. The predicted molar refractivity (Wildman–Crippen MR) is 119 cm³/mol. The average Bonchev–Trinajstić information content (AvgIpc) is 3.22. The van der Waals surface area contributed by atoms with E-state index in [0.717, 1.165) is 50.4 Å². The number of benzene rings is 1. The van der Waals surface area contributed by atoms with Gasteiger partial charge in [-0.2, -0.15) is 0 Å². The van der Waals surface area contributed by atoms with Gasteiger partial charge in [0, 0.05) is 51.3 Å². The normalized spacial score (nSPS) is 15.1. The van der Waals surface area contributed by atoms with Gasteiger partial charge in [0.2, 0.25) is 10.9 Å². The lowest BCUT2D eigenvalue weighted by Crippen LogP contribution is -2.45. The van der Waals surface area contributed by atoms with Crippen LogP contribution in [0.2, 0.25) is 0 Å². The molecule has 1 aromatic heterocycles. The summed E-state index contributed by atoms with van der Waals surface area (Å²) in [5, 5.41) is 14.8. The molecule has 0 saturated carbocycles. The number of hydrogen-bond acceptors (Lipinski definition) is 7. The van der Waals surface area contributed by atoms with Crippen LogP contribution in [0.15, 0.2) is 24.3 Å². The number of aryl methyl sites for hydroxylation is 2. The van der Waals surface area contributed by atoms with Gasteiger partial charge < -0.3 is 20.4 Å². The monoisotopic (exact) mass is 430 g/mol. The molecule has 30 heavy (non-hydrogen) atoms. The Hall–Kier alpha value is -2.36. The fraction of sp³-hybridized carbons (Fsp3) is 0.524. The van der Waals surface area contributed by atoms with Crippen LogP contribution in [-0.2, 0) is 11.2 Å². The van der Waals surface area contributed by atoms with Crippen LogP contribution in [0, 0.1) is 6.92 Å². The van der Waals surface area contributed by atoms with E-state index in [1.165, 1.54) is 11.3 Å². The maximum absolute atomic E-state index is 12.3. The van der Waals surface area contributed by atoms with Crippen LogP contribution in [-0.4, -0.2) is 78.1 Å². The molecular formula is C21H30N6O2S. The Kier molecular flexibility index (Phi) is 8.30. The molecule has 162 valence electrons. The highest BCUT2D eigenvalue weighted by atomic mass is 32.1. The third-order valence-electron chi connectivity index (χ3n) is 5.11. The topological polar surface area (TPSA) is 90.5 Å². The summed E-state index contributed by atoms with van der Waals surface area (Å²) in [6.07, 6.45) is 1.79. The zero-order valence-corrected chi connectivity index (χ0v) is 18.5. The molecule has 1 fully saturated rings. The van der Waals surface area contributed by atoms with Gasteiger partial charge in [-0.3, -0.25) is 9.59 Å². The Bertz CT molecular complexity index is 830. The number of nitrogens with one attached hydrogen (secondary N) is 2. The van der Waals surface area contributed by atoms with Gasteiger partial charge >= 0.3 is 0 Å². The third-order valence-corrected chi connectivity index (χ3v) is 6.09. The molecule has 0 aliphatic carbocycles. The van der Waals surface area contributed by atoms with Gasteiger partial charge in [-0.05, 0) is 39.1 Å². The molecule has 1 aliphatic rings. The molecular weight excluding hydrogens is 400 g/mol. The average molecular weight is 431 g/mol. The second kappa shape index (κ2) is 11.1. The summed E-state index contributed by atoms with van der Waals surface area (Å²) in [6, 6.07) is 7.57. The minimum Gasteiger partial charge on any atom is -0.356 e. The molecule has 1 aromatic carbocycles. The third kappa shape index (κ3) is 7.16. The van der Waals surface area contributed by atoms with Crippen molar-refractivity contribution in [2.24, 2.45) is 0 Å². The van der Waals surface area contributed by atoms with Crippen molar-refractivity contribution in [2.45, 2.75) is 26.2 Å². The SMILES string of the molecule is Cc1ccc(NC(=O)c2nnc(CCC(=O)NCCCN3CCN(C)CC3)s2)cc1. The molecule has 0 radical (unpaired) electrons. The Morgan fingerprint density at radius 1 is 1.10 bits per heavy atom. The van der Waals surface area contributed by atoms with E-state index in [-0.39, 0.29) is 11.8 Å². The van der Waals surface area contributed by atoms with E-state index in [1.54, 1.807) is 0 Å². The van der Waals surface area contributed by atoms with Crippen LogP contribution >= 0.6 is 11.3 Å². The van der Waals surface area contributed by atoms with E-state index >= 15 is 0 Å². The maximum atomic E-state index is 12.3. The second-order valence-corrected chi connectivity index (χ2v) is 8.73. The highest BCUT2D eigenvalue weighted by Gasteiger charge is 2.15. The maximum Gasteiger partial charge on any atom is 0.286 e. The molecule has 2 amide bonds. The first kappa shape index (κ1) is 22.3. The first-order valence-corrected chi connectivity index (χ1v) is 11.2. The standard InChI is InChI=1S/C21H30N6O2S/c1-16-4-6-17(7-5-16)23-20(29)21-25-24-19(30-21)9-8-18(28)22-10-3-11-27-14-12-26(2)13-15-27/h4-7H,3,8-15H2,1-2H3,(H,22,28)(H,23,29). The molecule has 1 aliphatic heterocycles. The number of aromatic nitrogens is 2. The molecule has 0 bridgehead atoms. The number of hydrogen-bond donors (Lipinski definition) is 2. The summed E-state index contributed by atoms with van der Waals surface area (Å²) in [5.41, 5.74) is 1.85. The van der Waals surface area contributed by atoms with Gasteiger partial charge in [0.25, 0.3) is 5.91 Å². The first-order chi connectivity index (χ1) is 14.5. The first-order valence-electron chi connectivity index (χ1n) is 10.4. The van der Waals surface area contributed by atoms with E-state index in [9.17, 15) is 9.59 Å². The molecule has 0 spiro atoms. The van der Waals surface area contributed by atoms with Crippen molar-refractivity contribution in [3.63, 3.8) is 0 Å². The Morgan fingerprint density at radius 3 is 2.57 bits per heavy atom.